The van der Waals surface area contributed by atoms with Crippen LogP contribution in [0.4, 0.5) is 5.82 Å². The van der Waals surface area contributed by atoms with Crippen LogP contribution >= 0.6 is 0 Å². The van der Waals surface area contributed by atoms with Crippen LogP contribution in [0.25, 0.3) is 11.5 Å². The van der Waals surface area contributed by atoms with Gasteiger partial charge in [-0.3, -0.25) is 0 Å². The molecule has 27 heavy (non-hydrogen) atoms. The minimum atomic E-state index is 0.222. The smallest absolute Gasteiger partial charge is 0.258 e. The normalized spacial score (nSPS) is 13.9. The number of nitrogens with zero attached hydrogens (tertiary/aromatic N) is 4. The van der Waals surface area contributed by atoms with E-state index < -0.39 is 0 Å². The SMILES string of the molecule is COc1ccc2c(c1)OCCN(c1cc(-c3nc(C(C)C)no3)ccn1)C2. The average molecular weight is 366 g/mol. The third-order valence-corrected chi connectivity index (χ3v) is 4.53. The third kappa shape index (κ3) is 3.58. The highest BCUT2D eigenvalue weighted by atomic mass is 16.5. The Balaban J connectivity index is 1.61. The van der Waals surface area contributed by atoms with Crippen LogP contribution in [-0.2, 0) is 6.54 Å². The lowest BCUT2D eigenvalue weighted by atomic mass is 10.1. The zero-order valence-electron chi connectivity index (χ0n) is 15.7. The number of pyridine rings is 1. The summed E-state index contributed by atoms with van der Waals surface area (Å²) in [6.45, 7) is 6.09. The molecule has 140 valence electrons. The van der Waals surface area contributed by atoms with Crippen LogP contribution in [0.3, 0.4) is 0 Å². The van der Waals surface area contributed by atoms with Crippen molar-refractivity contribution in [2.24, 2.45) is 0 Å². The summed E-state index contributed by atoms with van der Waals surface area (Å²) in [5.74, 6) is 3.93. The molecular formula is C20H22N4O3. The second-order valence-electron chi connectivity index (χ2n) is 6.76. The first-order valence-electron chi connectivity index (χ1n) is 8.98. The fourth-order valence-corrected chi connectivity index (χ4v) is 2.98. The van der Waals surface area contributed by atoms with Crippen molar-refractivity contribution in [2.45, 2.75) is 26.3 Å². The summed E-state index contributed by atoms with van der Waals surface area (Å²) in [5, 5.41) is 4.04. The molecule has 0 fully saturated rings. The summed E-state index contributed by atoms with van der Waals surface area (Å²) in [5.41, 5.74) is 1.96. The van der Waals surface area contributed by atoms with Gasteiger partial charge in [0, 0.05) is 35.9 Å². The van der Waals surface area contributed by atoms with E-state index in [0.29, 0.717) is 24.9 Å². The van der Waals surface area contributed by atoms with E-state index in [9.17, 15) is 0 Å². The number of hydrogen-bond acceptors (Lipinski definition) is 7. The van der Waals surface area contributed by atoms with Crippen LogP contribution in [0.2, 0.25) is 0 Å². The summed E-state index contributed by atoms with van der Waals surface area (Å²) in [6, 6.07) is 9.76. The van der Waals surface area contributed by atoms with E-state index in [0.717, 1.165) is 35.0 Å². The molecule has 0 N–H and O–H groups in total. The lowest BCUT2D eigenvalue weighted by molar-refractivity contribution is 0.328. The topological polar surface area (TPSA) is 73.5 Å². The zero-order chi connectivity index (χ0) is 18.8. The van der Waals surface area contributed by atoms with Crippen molar-refractivity contribution in [3.63, 3.8) is 0 Å². The summed E-state index contributed by atoms with van der Waals surface area (Å²) < 4.78 is 16.6. The van der Waals surface area contributed by atoms with Gasteiger partial charge in [0.05, 0.1) is 13.7 Å². The van der Waals surface area contributed by atoms with Crippen LogP contribution in [-0.4, -0.2) is 35.4 Å². The number of aromatic nitrogens is 3. The van der Waals surface area contributed by atoms with Gasteiger partial charge in [-0.15, -0.1) is 0 Å². The van der Waals surface area contributed by atoms with E-state index in [1.54, 1.807) is 13.3 Å². The highest BCUT2D eigenvalue weighted by Crippen LogP contribution is 2.30. The molecular weight excluding hydrogens is 344 g/mol. The number of rotatable bonds is 4. The predicted octanol–water partition coefficient (Wildman–Crippen LogP) is 3.66. The number of methoxy groups -OCH3 is 1. The van der Waals surface area contributed by atoms with Gasteiger partial charge in [-0.25, -0.2) is 4.98 Å². The standard InChI is InChI=1S/C20H22N4O3/c1-13(2)19-22-20(27-23-19)14-6-7-21-18(10-14)24-8-9-26-17-11-16(25-3)5-4-15(17)12-24/h4-7,10-11,13H,8-9,12H2,1-3H3. The Morgan fingerprint density at radius 1 is 1.19 bits per heavy atom. The molecule has 3 aromatic rings. The molecule has 2 aromatic heterocycles. The van der Waals surface area contributed by atoms with Crippen LogP contribution in [0.1, 0.15) is 31.2 Å². The Morgan fingerprint density at radius 2 is 2.07 bits per heavy atom. The molecule has 7 nitrogen and oxygen atoms in total. The predicted molar refractivity (Wildman–Crippen MR) is 101 cm³/mol. The van der Waals surface area contributed by atoms with Crippen molar-refractivity contribution in [3.8, 4) is 23.0 Å². The number of benzene rings is 1. The Bertz CT molecular complexity index is 938. The van der Waals surface area contributed by atoms with Crippen molar-refractivity contribution in [1.29, 1.82) is 0 Å². The molecule has 0 bridgehead atoms. The molecule has 1 aliphatic heterocycles. The van der Waals surface area contributed by atoms with Gasteiger partial charge in [-0.2, -0.15) is 4.98 Å². The third-order valence-electron chi connectivity index (χ3n) is 4.53. The van der Waals surface area contributed by atoms with E-state index in [-0.39, 0.29) is 5.92 Å². The molecule has 4 rings (SSSR count). The van der Waals surface area contributed by atoms with Gasteiger partial charge in [0.1, 0.15) is 23.9 Å². The molecule has 0 unspecified atom stereocenters. The van der Waals surface area contributed by atoms with Gasteiger partial charge in [-0.05, 0) is 24.3 Å². The lowest BCUT2D eigenvalue weighted by Gasteiger charge is -2.21. The molecule has 3 heterocycles. The highest BCUT2D eigenvalue weighted by Gasteiger charge is 2.19. The molecule has 0 aliphatic carbocycles. The Hall–Kier alpha value is -3.09. The van der Waals surface area contributed by atoms with E-state index in [2.05, 4.69) is 20.0 Å². The molecule has 0 saturated carbocycles. The average Bonchev–Trinajstić information content (AvgIpc) is 3.09. The maximum Gasteiger partial charge on any atom is 0.258 e. The number of fused-ring (bicyclic) bond motifs is 1. The zero-order valence-corrected chi connectivity index (χ0v) is 15.7. The van der Waals surface area contributed by atoms with Crippen LogP contribution in [0, 0.1) is 0 Å². The first kappa shape index (κ1) is 17.3. The fraction of sp³-hybridized carbons (Fsp3) is 0.350. The summed E-state index contributed by atoms with van der Waals surface area (Å²) in [4.78, 5) is 11.2. The fourth-order valence-electron chi connectivity index (χ4n) is 2.98. The van der Waals surface area contributed by atoms with Crippen molar-refractivity contribution in [2.75, 3.05) is 25.2 Å². The molecule has 1 aliphatic rings. The van der Waals surface area contributed by atoms with E-state index in [1.165, 1.54) is 0 Å². The minimum absolute atomic E-state index is 0.222. The summed E-state index contributed by atoms with van der Waals surface area (Å²) >= 11 is 0. The number of hydrogen-bond donors (Lipinski definition) is 0. The van der Waals surface area contributed by atoms with Crippen LogP contribution in [0.15, 0.2) is 41.1 Å². The molecule has 0 saturated heterocycles. The van der Waals surface area contributed by atoms with Gasteiger partial charge < -0.3 is 18.9 Å². The summed E-state index contributed by atoms with van der Waals surface area (Å²) in [7, 11) is 1.66. The first-order valence-corrected chi connectivity index (χ1v) is 8.98. The molecule has 0 spiro atoms. The van der Waals surface area contributed by atoms with Gasteiger partial charge in [0.15, 0.2) is 5.82 Å². The Labute approximate surface area is 157 Å². The van der Waals surface area contributed by atoms with Crippen molar-refractivity contribution in [3.05, 3.63) is 47.9 Å². The van der Waals surface area contributed by atoms with Gasteiger partial charge in [0.25, 0.3) is 5.89 Å². The van der Waals surface area contributed by atoms with Crippen molar-refractivity contribution < 1.29 is 14.0 Å². The Morgan fingerprint density at radius 3 is 2.85 bits per heavy atom. The van der Waals surface area contributed by atoms with Crippen molar-refractivity contribution in [1.82, 2.24) is 15.1 Å². The van der Waals surface area contributed by atoms with Crippen LogP contribution in [0.5, 0.6) is 11.5 Å². The molecule has 0 radical (unpaired) electrons. The van der Waals surface area contributed by atoms with Crippen LogP contribution < -0.4 is 14.4 Å². The Kier molecular flexibility index (Phi) is 4.66. The summed E-state index contributed by atoms with van der Waals surface area (Å²) in [6.07, 6.45) is 1.77. The lowest BCUT2D eigenvalue weighted by Crippen LogP contribution is -2.26. The second-order valence-corrected chi connectivity index (χ2v) is 6.76. The van der Waals surface area contributed by atoms with E-state index >= 15 is 0 Å². The van der Waals surface area contributed by atoms with Gasteiger partial charge in [0.2, 0.25) is 0 Å². The number of anilines is 1. The van der Waals surface area contributed by atoms with Gasteiger partial charge in [-0.1, -0.05) is 19.0 Å². The quantitative estimate of drug-likeness (QED) is 0.697. The largest absolute Gasteiger partial charge is 0.497 e. The maximum atomic E-state index is 5.90. The minimum Gasteiger partial charge on any atom is -0.497 e. The highest BCUT2D eigenvalue weighted by molar-refractivity contribution is 5.59. The molecule has 0 atom stereocenters. The number of ether oxygens (including phenoxy) is 2. The monoisotopic (exact) mass is 366 g/mol. The molecule has 0 amide bonds. The van der Waals surface area contributed by atoms with E-state index in [1.807, 2.05) is 44.2 Å². The second kappa shape index (κ2) is 7.26. The molecule has 7 heteroatoms. The van der Waals surface area contributed by atoms with Crippen molar-refractivity contribution >= 4 is 5.82 Å². The first-order chi connectivity index (χ1) is 13.1. The van der Waals surface area contributed by atoms with Gasteiger partial charge >= 0.3 is 0 Å². The van der Waals surface area contributed by atoms with E-state index in [4.69, 9.17) is 14.0 Å². The molecule has 1 aromatic carbocycles. The maximum absolute atomic E-state index is 5.90.